The maximum absolute atomic E-state index is 12.8. The molecular weight excluding hydrogens is 374 g/mol. The van der Waals surface area contributed by atoms with E-state index in [1.165, 1.54) is 25.5 Å². The summed E-state index contributed by atoms with van der Waals surface area (Å²) in [6.07, 6.45) is 8.90. The van der Waals surface area contributed by atoms with Crippen LogP contribution in [0.3, 0.4) is 0 Å². The SMILES string of the molecule is [N-]=[N+]=NCCCC[C@H](CN=O)NC(=O)c1cnc2c(OCC3CCC3)cccn12. The van der Waals surface area contributed by atoms with Crippen molar-refractivity contribution in [1.29, 1.82) is 0 Å². The number of rotatable bonds is 12. The van der Waals surface area contributed by atoms with Gasteiger partial charge >= 0.3 is 0 Å². The van der Waals surface area contributed by atoms with Gasteiger partial charge < -0.3 is 10.1 Å². The van der Waals surface area contributed by atoms with Crippen LogP contribution in [0.4, 0.5) is 0 Å². The highest BCUT2D eigenvalue weighted by Crippen LogP contribution is 2.28. The molecule has 1 amide bonds. The van der Waals surface area contributed by atoms with Crippen LogP contribution in [0.2, 0.25) is 0 Å². The Morgan fingerprint density at radius 1 is 1.45 bits per heavy atom. The van der Waals surface area contributed by atoms with Gasteiger partial charge in [-0.3, -0.25) is 9.20 Å². The lowest BCUT2D eigenvalue weighted by molar-refractivity contribution is 0.0930. The zero-order chi connectivity index (χ0) is 20.5. The Kier molecular flexibility index (Phi) is 7.40. The molecule has 0 spiro atoms. The monoisotopic (exact) mass is 399 g/mol. The molecule has 0 aromatic carbocycles. The fourth-order valence-electron chi connectivity index (χ4n) is 3.31. The first-order chi connectivity index (χ1) is 14.2. The maximum atomic E-state index is 12.8. The molecular formula is C19H25N7O3. The van der Waals surface area contributed by atoms with Gasteiger partial charge in [-0.05, 0) is 49.3 Å². The van der Waals surface area contributed by atoms with Crippen molar-refractivity contribution < 1.29 is 9.53 Å². The van der Waals surface area contributed by atoms with Crippen LogP contribution in [-0.2, 0) is 0 Å². The van der Waals surface area contributed by atoms with E-state index in [1.807, 2.05) is 12.1 Å². The zero-order valence-corrected chi connectivity index (χ0v) is 16.2. The molecule has 29 heavy (non-hydrogen) atoms. The Hall–Kier alpha value is -3.13. The largest absolute Gasteiger partial charge is 0.489 e. The summed E-state index contributed by atoms with van der Waals surface area (Å²) in [6.45, 7) is 1.04. The Morgan fingerprint density at radius 3 is 3.03 bits per heavy atom. The van der Waals surface area contributed by atoms with Gasteiger partial charge in [0.2, 0.25) is 0 Å². The predicted molar refractivity (Wildman–Crippen MR) is 108 cm³/mol. The number of hydrogen-bond acceptors (Lipinski definition) is 6. The lowest BCUT2D eigenvalue weighted by atomic mass is 9.86. The molecule has 0 aliphatic heterocycles. The lowest BCUT2D eigenvalue weighted by Gasteiger charge is -2.25. The Bertz CT molecular complexity index is 887. The second-order valence-corrected chi connectivity index (χ2v) is 7.25. The molecule has 10 nitrogen and oxygen atoms in total. The number of unbranched alkanes of at least 4 members (excludes halogenated alkanes) is 1. The number of ether oxygens (including phenoxy) is 1. The number of nitroso groups, excluding NO2 is 1. The highest BCUT2D eigenvalue weighted by Gasteiger charge is 2.21. The van der Waals surface area contributed by atoms with Gasteiger partial charge in [0.1, 0.15) is 12.2 Å². The van der Waals surface area contributed by atoms with Crippen LogP contribution in [0.25, 0.3) is 16.1 Å². The van der Waals surface area contributed by atoms with Crippen molar-refractivity contribution in [2.75, 3.05) is 19.7 Å². The third kappa shape index (κ3) is 5.45. The average molecular weight is 399 g/mol. The number of imidazole rings is 1. The van der Waals surface area contributed by atoms with Crippen LogP contribution in [0.15, 0.2) is 34.8 Å². The van der Waals surface area contributed by atoms with E-state index in [0.29, 0.717) is 55.4 Å². The number of carbonyl (C=O) groups is 1. The molecule has 10 heteroatoms. The molecule has 0 saturated heterocycles. The maximum Gasteiger partial charge on any atom is 0.270 e. The fourth-order valence-corrected chi connectivity index (χ4v) is 3.31. The molecule has 1 aliphatic carbocycles. The molecule has 0 unspecified atom stereocenters. The molecule has 2 aromatic rings. The molecule has 2 aromatic heterocycles. The molecule has 1 aliphatic rings. The minimum atomic E-state index is -0.380. The van der Waals surface area contributed by atoms with Crippen molar-refractivity contribution in [2.45, 2.75) is 44.6 Å². The van der Waals surface area contributed by atoms with Crippen LogP contribution in [-0.4, -0.2) is 41.0 Å². The van der Waals surface area contributed by atoms with Gasteiger partial charge in [-0.1, -0.05) is 23.1 Å². The highest BCUT2D eigenvalue weighted by molar-refractivity contribution is 5.93. The number of carbonyl (C=O) groups excluding carboxylic acids is 1. The number of fused-ring (bicyclic) bond motifs is 1. The molecule has 3 rings (SSSR count). The molecule has 2 heterocycles. The smallest absolute Gasteiger partial charge is 0.270 e. The summed E-state index contributed by atoms with van der Waals surface area (Å²) in [5, 5.41) is 9.26. The topological polar surface area (TPSA) is 134 Å². The zero-order valence-electron chi connectivity index (χ0n) is 16.2. The quantitative estimate of drug-likeness (QED) is 0.191. The van der Waals surface area contributed by atoms with E-state index in [2.05, 4.69) is 25.5 Å². The van der Waals surface area contributed by atoms with Gasteiger partial charge in [-0.15, -0.1) is 0 Å². The van der Waals surface area contributed by atoms with Crippen molar-refractivity contribution >= 4 is 11.6 Å². The van der Waals surface area contributed by atoms with Crippen molar-refractivity contribution in [2.24, 2.45) is 16.2 Å². The van der Waals surface area contributed by atoms with Crippen LogP contribution in [0.5, 0.6) is 5.75 Å². The number of pyridine rings is 1. The van der Waals surface area contributed by atoms with E-state index in [-0.39, 0.29) is 18.5 Å². The first kappa shape index (κ1) is 20.6. The average Bonchev–Trinajstić information content (AvgIpc) is 3.12. The summed E-state index contributed by atoms with van der Waals surface area (Å²) >= 11 is 0. The summed E-state index contributed by atoms with van der Waals surface area (Å²) in [6, 6.07) is 3.29. The minimum absolute atomic E-state index is 0.0141. The third-order valence-corrected chi connectivity index (χ3v) is 5.19. The molecule has 154 valence electrons. The van der Waals surface area contributed by atoms with E-state index in [0.717, 1.165) is 0 Å². The van der Waals surface area contributed by atoms with Gasteiger partial charge in [0, 0.05) is 17.7 Å². The molecule has 1 atom stereocenters. The minimum Gasteiger partial charge on any atom is -0.489 e. The predicted octanol–water partition coefficient (Wildman–Crippen LogP) is 3.86. The summed E-state index contributed by atoms with van der Waals surface area (Å²) in [5.74, 6) is 0.934. The molecule has 1 fully saturated rings. The fraction of sp³-hybridized carbons (Fsp3) is 0.579. The summed E-state index contributed by atoms with van der Waals surface area (Å²) in [5.41, 5.74) is 9.26. The number of hydrogen-bond donors (Lipinski definition) is 1. The summed E-state index contributed by atoms with van der Waals surface area (Å²) in [4.78, 5) is 30.5. The van der Waals surface area contributed by atoms with Gasteiger partial charge in [-0.2, -0.15) is 4.91 Å². The van der Waals surface area contributed by atoms with Crippen molar-refractivity contribution in [1.82, 2.24) is 14.7 Å². The second-order valence-electron chi connectivity index (χ2n) is 7.25. The second kappa shape index (κ2) is 10.4. The van der Waals surface area contributed by atoms with Crippen LogP contribution in [0, 0.1) is 10.8 Å². The van der Waals surface area contributed by atoms with Crippen molar-refractivity contribution in [3.05, 3.63) is 45.6 Å². The molecule has 1 N–H and O–H groups in total. The lowest BCUT2D eigenvalue weighted by Crippen LogP contribution is -2.37. The van der Waals surface area contributed by atoms with E-state index >= 15 is 0 Å². The molecule has 0 radical (unpaired) electrons. The summed E-state index contributed by atoms with van der Waals surface area (Å²) < 4.78 is 7.61. The normalized spacial score (nSPS) is 14.6. The van der Waals surface area contributed by atoms with Crippen molar-refractivity contribution in [3.8, 4) is 5.75 Å². The van der Waals surface area contributed by atoms with E-state index in [4.69, 9.17) is 10.3 Å². The van der Waals surface area contributed by atoms with Crippen LogP contribution < -0.4 is 10.1 Å². The first-order valence-electron chi connectivity index (χ1n) is 9.92. The summed E-state index contributed by atoms with van der Waals surface area (Å²) in [7, 11) is 0. The standard InChI is InChI=1S/C19H25N7O3/c20-25-22-9-2-1-7-15(11-23-28)24-19(27)16-12-21-18-17(8-4-10-26(16)18)29-13-14-5-3-6-14/h4,8,10,12,14-15H,1-3,5-7,9,11,13H2,(H,24,27)/t15-/m1/s1. The van der Waals surface area contributed by atoms with Gasteiger partial charge in [0.15, 0.2) is 11.4 Å². The highest BCUT2D eigenvalue weighted by atomic mass is 16.5. The third-order valence-electron chi connectivity index (χ3n) is 5.19. The Balaban J connectivity index is 1.63. The van der Waals surface area contributed by atoms with Crippen LogP contribution >= 0.6 is 0 Å². The Morgan fingerprint density at radius 2 is 2.31 bits per heavy atom. The van der Waals surface area contributed by atoms with E-state index < -0.39 is 0 Å². The number of aromatic nitrogens is 2. The molecule has 1 saturated carbocycles. The molecule has 0 bridgehead atoms. The van der Waals surface area contributed by atoms with Gasteiger partial charge in [0.25, 0.3) is 5.91 Å². The van der Waals surface area contributed by atoms with Crippen molar-refractivity contribution in [3.63, 3.8) is 0 Å². The van der Waals surface area contributed by atoms with Crippen LogP contribution in [0.1, 0.15) is 49.0 Å². The number of amides is 1. The Labute approximate surface area is 168 Å². The van der Waals surface area contributed by atoms with E-state index in [9.17, 15) is 9.70 Å². The first-order valence-corrected chi connectivity index (χ1v) is 9.92. The van der Waals surface area contributed by atoms with Gasteiger partial charge in [0.05, 0.1) is 18.8 Å². The number of azide groups is 1. The van der Waals surface area contributed by atoms with E-state index in [1.54, 1.807) is 10.6 Å². The van der Waals surface area contributed by atoms with Gasteiger partial charge in [-0.25, -0.2) is 4.98 Å². The number of nitrogens with zero attached hydrogens (tertiary/aromatic N) is 6. The number of nitrogens with one attached hydrogen (secondary N) is 1.